The highest BCUT2D eigenvalue weighted by atomic mass is 16.3. The molecule has 0 bridgehead atoms. The van der Waals surface area contributed by atoms with Crippen molar-refractivity contribution in [3.05, 3.63) is 29.8 Å². The standard InChI is InChI=1S/C13H21NO2/c1-12(2,13(3,4)16)14-9-10-6-5-7-11(15)8-10/h5-8,14-16H,9H2,1-4H3. The lowest BCUT2D eigenvalue weighted by Crippen LogP contribution is -2.55. The fourth-order valence-electron chi connectivity index (χ4n) is 1.21. The maximum absolute atomic E-state index is 9.97. The Morgan fingerprint density at radius 3 is 2.31 bits per heavy atom. The van der Waals surface area contributed by atoms with Gasteiger partial charge in [-0.05, 0) is 45.4 Å². The lowest BCUT2D eigenvalue weighted by Gasteiger charge is -2.38. The van der Waals surface area contributed by atoms with E-state index in [1.165, 1.54) is 0 Å². The number of aromatic hydroxyl groups is 1. The van der Waals surface area contributed by atoms with E-state index in [1.807, 2.05) is 26.0 Å². The summed E-state index contributed by atoms with van der Waals surface area (Å²) in [4.78, 5) is 0. The lowest BCUT2D eigenvalue weighted by atomic mass is 9.86. The molecule has 0 aliphatic heterocycles. The van der Waals surface area contributed by atoms with Gasteiger partial charge in [-0.2, -0.15) is 0 Å². The first-order chi connectivity index (χ1) is 7.22. The second kappa shape index (κ2) is 4.44. The van der Waals surface area contributed by atoms with Gasteiger partial charge in [-0.15, -0.1) is 0 Å². The number of hydrogen-bond acceptors (Lipinski definition) is 3. The van der Waals surface area contributed by atoms with Crippen molar-refractivity contribution < 1.29 is 10.2 Å². The van der Waals surface area contributed by atoms with Gasteiger partial charge in [-0.25, -0.2) is 0 Å². The zero-order valence-corrected chi connectivity index (χ0v) is 10.4. The second-order valence-corrected chi connectivity index (χ2v) is 5.21. The van der Waals surface area contributed by atoms with E-state index in [9.17, 15) is 10.2 Å². The number of aliphatic hydroxyl groups is 1. The minimum Gasteiger partial charge on any atom is -0.508 e. The Bertz CT molecular complexity index is 353. The van der Waals surface area contributed by atoms with Crippen molar-refractivity contribution in [3.8, 4) is 5.75 Å². The van der Waals surface area contributed by atoms with E-state index in [-0.39, 0.29) is 5.75 Å². The van der Waals surface area contributed by atoms with E-state index in [0.717, 1.165) is 5.56 Å². The molecular weight excluding hydrogens is 202 g/mol. The van der Waals surface area contributed by atoms with Crippen LogP contribution in [0.25, 0.3) is 0 Å². The molecule has 0 aliphatic rings. The largest absolute Gasteiger partial charge is 0.508 e. The van der Waals surface area contributed by atoms with Crippen molar-refractivity contribution in [1.29, 1.82) is 0 Å². The van der Waals surface area contributed by atoms with Gasteiger partial charge in [-0.1, -0.05) is 12.1 Å². The predicted molar refractivity (Wildman–Crippen MR) is 65.3 cm³/mol. The molecule has 1 aromatic carbocycles. The van der Waals surface area contributed by atoms with Crippen molar-refractivity contribution in [1.82, 2.24) is 5.32 Å². The highest BCUT2D eigenvalue weighted by molar-refractivity contribution is 5.27. The molecule has 0 fully saturated rings. The Morgan fingerprint density at radius 2 is 1.81 bits per heavy atom. The fourth-order valence-corrected chi connectivity index (χ4v) is 1.21. The van der Waals surface area contributed by atoms with Gasteiger partial charge < -0.3 is 15.5 Å². The van der Waals surface area contributed by atoms with Crippen LogP contribution in [0.4, 0.5) is 0 Å². The third-order valence-electron chi connectivity index (χ3n) is 3.17. The molecule has 90 valence electrons. The number of phenols is 1. The second-order valence-electron chi connectivity index (χ2n) is 5.21. The molecule has 0 aliphatic carbocycles. The van der Waals surface area contributed by atoms with Gasteiger partial charge in [-0.3, -0.25) is 0 Å². The van der Waals surface area contributed by atoms with Crippen LogP contribution in [-0.2, 0) is 6.54 Å². The molecule has 0 atom stereocenters. The van der Waals surface area contributed by atoms with Crippen molar-refractivity contribution in [2.24, 2.45) is 0 Å². The van der Waals surface area contributed by atoms with Gasteiger partial charge >= 0.3 is 0 Å². The highest BCUT2D eigenvalue weighted by Crippen LogP contribution is 2.21. The van der Waals surface area contributed by atoms with Crippen LogP contribution in [0.3, 0.4) is 0 Å². The summed E-state index contributed by atoms with van der Waals surface area (Å²) in [6.45, 7) is 8.09. The van der Waals surface area contributed by atoms with Gasteiger partial charge in [0.2, 0.25) is 0 Å². The van der Waals surface area contributed by atoms with Crippen LogP contribution in [-0.4, -0.2) is 21.4 Å². The summed E-state index contributed by atoms with van der Waals surface area (Å²) < 4.78 is 0. The molecule has 0 saturated heterocycles. The van der Waals surface area contributed by atoms with E-state index < -0.39 is 11.1 Å². The molecule has 0 heterocycles. The molecule has 3 heteroatoms. The maximum Gasteiger partial charge on any atom is 0.115 e. The van der Waals surface area contributed by atoms with Gasteiger partial charge in [0.1, 0.15) is 5.75 Å². The normalized spacial score (nSPS) is 12.8. The average Bonchev–Trinajstić information content (AvgIpc) is 2.13. The number of phenolic OH excluding ortho intramolecular Hbond substituents is 1. The Kier molecular flexibility index (Phi) is 3.61. The molecule has 0 spiro atoms. The number of rotatable bonds is 4. The molecule has 1 rings (SSSR count). The van der Waals surface area contributed by atoms with Crippen molar-refractivity contribution >= 4 is 0 Å². The molecule has 0 radical (unpaired) electrons. The first-order valence-electron chi connectivity index (χ1n) is 5.48. The van der Waals surface area contributed by atoms with E-state index in [4.69, 9.17) is 0 Å². The fraction of sp³-hybridized carbons (Fsp3) is 0.538. The van der Waals surface area contributed by atoms with Crippen LogP contribution in [0.15, 0.2) is 24.3 Å². The SMILES string of the molecule is CC(C)(O)C(C)(C)NCc1cccc(O)c1. The van der Waals surface area contributed by atoms with Crippen LogP contribution < -0.4 is 5.32 Å². The van der Waals surface area contributed by atoms with E-state index >= 15 is 0 Å². The Morgan fingerprint density at radius 1 is 1.19 bits per heavy atom. The number of nitrogens with one attached hydrogen (secondary N) is 1. The first-order valence-corrected chi connectivity index (χ1v) is 5.48. The van der Waals surface area contributed by atoms with Gasteiger partial charge in [0.05, 0.1) is 5.60 Å². The van der Waals surface area contributed by atoms with Crippen molar-refractivity contribution in [2.75, 3.05) is 0 Å². The number of benzene rings is 1. The Hall–Kier alpha value is -1.06. The summed E-state index contributed by atoms with van der Waals surface area (Å²) >= 11 is 0. The minimum atomic E-state index is -0.802. The molecular formula is C13H21NO2. The molecule has 16 heavy (non-hydrogen) atoms. The lowest BCUT2D eigenvalue weighted by molar-refractivity contribution is -0.00531. The van der Waals surface area contributed by atoms with Gasteiger partial charge in [0.15, 0.2) is 0 Å². The van der Waals surface area contributed by atoms with Crippen LogP contribution in [0, 0.1) is 0 Å². The molecule has 0 aromatic heterocycles. The third-order valence-corrected chi connectivity index (χ3v) is 3.17. The summed E-state index contributed by atoms with van der Waals surface area (Å²) in [5, 5.41) is 22.6. The van der Waals surface area contributed by atoms with Gasteiger partial charge in [0.25, 0.3) is 0 Å². The van der Waals surface area contributed by atoms with E-state index in [2.05, 4.69) is 5.32 Å². The van der Waals surface area contributed by atoms with E-state index in [1.54, 1.807) is 26.0 Å². The zero-order chi connectivity index (χ0) is 12.4. The summed E-state index contributed by atoms with van der Waals surface area (Å²) in [6, 6.07) is 7.11. The van der Waals surface area contributed by atoms with E-state index in [0.29, 0.717) is 6.54 Å². The summed E-state index contributed by atoms with van der Waals surface area (Å²) in [6.07, 6.45) is 0. The third kappa shape index (κ3) is 3.22. The van der Waals surface area contributed by atoms with Crippen LogP contribution in [0.5, 0.6) is 5.75 Å². The summed E-state index contributed by atoms with van der Waals surface area (Å²) in [5.41, 5.74) is -0.195. The predicted octanol–water partition coefficient (Wildman–Crippen LogP) is 2.03. The van der Waals surface area contributed by atoms with Crippen LogP contribution in [0.1, 0.15) is 33.3 Å². The molecule has 0 amide bonds. The summed E-state index contributed by atoms with van der Waals surface area (Å²) in [5.74, 6) is 0.264. The Balaban J connectivity index is 2.65. The summed E-state index contributed by atoms with van der Waals surface area (Å²) in [7, 11) is 0. The van der Waals surface area contributed by atoms with Crippen LogP contribution >= 0.6 is 0 Å². The average molecular weight is 223 g/mol. The zero-order valence-electron chi connectivity index (χ0n) is 10.4. The molecule has 1 aromatic rings. The molecule has 0 unspecified atom stereocenters. The highest BCUT2D eigenvalue weighted by Gasteiger charge is 2.34. The minimum absolute atomic E-state index is 0.264. The Labute approximate surface area is 97.1 Å². The van der Waals surface area contributed by atoms with Crippen LogP contribution in [0.2, 0.25) is 0 Å². The molecule has 3 nitrogen and oxygen atoms in total. The molecule has 0 saturated carbocycles. The topological polar surface area (TPSA) is 52.5 Å². The molecule has 3 N–H and O–H groups in total. The maximum atomic E-state index is 9.97. The van der Waals surface area contributed by atoms with Crippen molar-refractivity contribution in [2.45, 2.75) is 45.4 Å². The monoisotopic (exact) mass is 223 g/mol. The number of hydrogen-bond donors (Lipinski definition) is 3. The quantitative estimate of drug-likeness (QED) is 0.732. The van der Waals surface area contributed by atoms with Crippen molar-refractivity contribution in [3.63, 3.8) is 0 Å². The first kappa shape index (κ1) is 13.0. The smallest absolute Gasteiger partial charge is 0.115 e. The van der Waals surface area contributed by atoms with Gasteiger partial charge in [0, 0.05) is 12.1 Å².